The standard InChI is InChI=1S/C19H13N3O3/c1-11(14-10-12-6-2-5-9-16(12)25-19(14)24)21-22-17-13-7-3-4-8-15(13)20-18(17)23/h2-10H,1H3,(H,20,22,23)/b21-11-. The first-order valence-corrected chi connectivity index (χ1v) is 7.70. The quantitative estimate of drug-likeness (QED) is 0.445. The van der Waals surface area contributed by atoms with Gasteiger partial charge in [0.25, 0.3) is 5.91 Å². The van der Waals surface area contributed by atoms with Crippen LogP contribution in [0.2, 0.25) is 0 Å². The number of anilines is 1. The van der Waals surface area contributed by atoms with Crippen molar-refractivity contribution in [2.45, 2.75) is 6.92 Å². The summed E-state index contributed by atoms with van der Waals surface area (Å²) in [7, 11) is 0. The third kappa shape index (κ3) is 2.63. The van der Waals surface area contributed by atoms with Crippen molar-refractivity contribution in [2.75, 3.05) is 5.32 Å². The molecule has 3 aromatic rings. The molecule has 0 fully saturated rings. The Morgan fingerprint density at radius 2 is 1.80 bits per heavy atom. The maximum Gasteiger partial charge on any atom is 0.345 e. The van der Waals surface area contributed by atoms with Gasteiger partial charge >= 0.3 is 5.63 Å². The zero-order valence-corrected chi connectivity index (χ0v) is 13.3. The molecule has 25 heavy (non-hydrogen) atoms. The van der Waals surface area contributed by atoms with Gasteiger partial charge in [-0.2, -0.15) is 5.10 Å². The Balaban J connectivity index is 1.77. The molecular weight excluding hydrogens is 318 g/mol. The predicted octanol–water partition coefficient (Wildman–Crippen LogP) is 2.96. The van der Waals surface area contributed by atoms with Gasteiger partial charge in [0.15, 0.2) is 5.71 Å². The van der Waals surface area contributed by atoms with Gasteiger partial charge in [-0.1, -0.05) is 36.4 Å². The van der Waals surface area contributed by atoms with Crippen molar-refractivity contribution in [1.29, 1.82) is 0 Å². The topological polar surface area (TPSA) is 84.0 Å². The van der Waals surface area contributed by atoms with Crippen molar-refractivity contribution in [2.24, 2.45) is 10.2 Å². The van der Waals surface area contributed by atoms with Crippen LogP contribution in [0.15, 0.2) is 74.0 Å². The number of para-hydroxylation sites is 2. The maximum absolute atomic E-state index is 12.2. The number of hydrogen-bond acceptors (Lipinski definition) is 5. The van der Waals surface area contributed by atoms with Crippen molar-refractivity contribution in [1.82, 2.24) is 0 Å². The lowest BCUT2D eigenvalue weighted by atomic mass is 10.1. The number of nitrogens with one attached hydrogen (secondary N) is 1. The number of nitrogens with zero attached hydrogens (tertiary/aromatic N) is 2. The zero-order chi connectivity index (χ0) is 17.4. The van der Waals surface area contributed by atoms with Crippen molar-refractivity contribution in [3.8, 4) is 0 Å². The van der Waals surface area contributed by atoms with Gasteiger partial charge in [-0.15, -0.1) is 5.10 Å². The summed E-state index contributed by atoms with van der Waals surface area (Å²) in [6.07, 6.45) is 0. The van der Waals surface area contributed by atoms with Crippen molar-refractivity contribution < 1.29 is 9.21 Å². The molecule has 1 aromatic heterocycles. The Morgan fingerprint density at radius 1 is 1.04 bits per heavy atom. The molecule has 0 saturated carbocycles. The number of carbonyl (C=O) groups excluding carboxylic acids is 1. The molecule has 2 aromatic carbocycles. The van der Waals surface area contributed by atoms with E-state index in [1.54, 1.807) is 37.3 Å². The smallest absolute Gasteiger partial charge is 0.345 e. The molecule has 122 valence electrons. The Kier molecular flexibility index (Phi) is 3.50. The second-order valence-corrected chi connectivity index (χ2v) is 5.62. The molecule has 1 N–H and O–H groups in total. The van der Waals surface area contributed by atoms with Crippen LogP contribution in [0.4, 0.5) is 5.69 Å². The number of amides is 1. The highest BCUT2D eigenvalue weighted by atomic mass is 16.4. The molecular formula is C19H13N3O3. The van der Waals surface area contributed by atoms with Gasteiger partial charge in [0, 0.05) is 10.9 Å². The summed E-state index contributed by atoms with van der Waals surface area (Å²) in [5.74, 6) is -0.316. The molecule has 6 nitrogen and oxygen atoms in total. The molecule has 6 heteroatoms. The molecule has 1 aliphatic heterocycles. The lowest BCUT2D eigenvalue weighted by Gasteiger charge is -2.00. The van der Waals surface area contributed by atoms with Gasteiger partial charge in [-0.3, -0.25) is 4.79 Å². The molecule has 1 amide bonds. The Hall–Kier alpha value is -3.54. The number of fused-ring (bicyclic) bond motifs is 2. The van der Waals surface area contributed by atoms with Crippen LogP contribution in [0.5, 0.6) is 0 Å². The van der Waals surface area contributed by atoms with E-state index < -0.39 is 5.63 Å². The summed E-state index contributed by atoms with van der Waals surface area (Å²) in [5, 5.41) is 11.7. The number of carbonyl (C=O) groups is 1. The van der Waals surface area contributed by atoms with Crippen LogP contribution in [0, 0.1) is 0 Å². The molecule has 0 atom stereocenters. The molecule has 0 unspecified atom stereocenters. The van der Waals surface area contributed by atoms with E-state index in [1.807, 2.05) is 24.3 Å². The monoisotopic (exact) mass is 331 g/mol. The second kappa shape index (κ2) is 5.83. The SMILES string of the molecule is C/C(=N/N=C1/C(=O)Nc2ccccc21)c1cc2ccccc2oc1=O. The summed E-state index contributed by atoms with van der Waals surface area (Å²) in [6.45, 7) is 1.66. The highest BCUT2D eigenvalue weighted by Gasteiger charge is 2.25. The first-order chi connectivity index (χ1) is 12.1. The minimum atomic E-state index is -0.489. The fourth-order valence-corrected chi connectivity index (χ4v) is 2.69. The van der Waals surface area contributed by atoms with E-state index in [4.69, 9.17) is 4.42 Å². The predicted molar refractivity (Wildman–Crippen MR) is 96.3 cm³/mol. The van der Waals surface area contributed by atoms with Gasteiger partial charge in [0.2, 0.25) is 0 Å². The molecule has 2 heterocycles. The first-order valence-electron chi connectivity index (χ1n) is 7.70. The van der Waals surface area contributed by atoms with E-state index >= 15 is 0 Å². The molecule has 4 rings (SSSR count). The van der Waals surface area contributed by atoms with Crippen LogP contribution < -0.4 is 10.9 Å². The molecule has 0 aliphatic carbocycles. The third-order valence-corrected chi connectivity index (χ3v) is 3.98. The van der Waals surface area contributed by atoms with E-state index in [-0.39, 0.29) is 11.6 Å². The van der Waals surface area contributed by atoms with Gasteiger partial charge in [0.1, 0.15) is 5.58 Å². The summed E-state index contributed by atoms with van der Waals surface area (Å²) >= 11 is 0. The maximum atomic E-state index is 12.2. The number of benzene rings is 2. The van der Waals surface area contributed by atoms with E-state index in [0.717, 1.165) is 5.39 Å². The molecule has 0 saturated heterocycles. The van der Waals surface area contributed by atoms with Crippen LogP contribution in [0.1, 0.15) is 18.1 Å². The minimum absolute atomic E-state index is 0.222. The van der Waals surface area contributed by atoms with Crippen LogP contribution in [-0.4, -0.2) is 17.3 Å². The van der Waals surface area contributed by atoms with Gasteiger partial charge < -0.3 is 9.73 Å². The summed E-state index contributed by atoms with van der Waals surface area (Å²) in [4.78, 5) is 24.2. The summed E-state index contributed by atoms with van der Waals surface area (Å²) in [5.41, 5.74) is 2.33. The van der Waals surface area contributed by atoms with Crippen molar-refractivity contribution >= 4 is 34.0 Å². The normalized spacial score (nSPS) is 15.5. The Bertz CT molecular complexity index is 1130. The van der Waals surface area contributed by atoms with Gasteiger partial charge in [-0.25, -0.2) is 4.79 Å². The second-order valence-electron chi connectivity index (χ2n) is 5.62. The Morgan fingerprint density at radius 3 is 2.68 bits per heavy atom. The molecule has 0 radical (unpaired) electrons. The molecule has 1 aliphatic rings. The minimum Gasteiger partial charge on any atom is -0.422 e. The number of rotatable bonds is 2. The van der Waals surface area contributed by atoms with Gasteiger partial charge in [0.05, 0.1) is 17.0 Å². The third-order valence-electron chi connectivity index (χ3n) is 3.98. The Labute approximate surface area is 142 Å². The lowest BCUT2D eigenvalue weighted by Crippen LogP contribution is -2.15. The van der Waals surface area contributed by atoms with Crippen LogP contribution in [-0.2, 0) is 4.79 Å². The van der Waals surface area contributed by atoms with Crippen LogP contribution in [0.25, 0.3) is 11.0 Å². The molecule has 0 bridgehead atoms. The zero-order valence-electron chi connectivity index (χ0n) is 13.3. The van der Waals surface area contributed by atoms with E-state index in [9.17, 15) is 9.59 Å². The molecule has 0 spiro atoms. The van der Waals surface area contributed by atoms with Gasteiger partial charge in [-0.05, 0) is 25.1 Å². The fourth-order valence-electron chi connectivity index (χ4n) is 2.69. The average molecular weight is 331 g/mol. The van der Waals surface area contributed by atoms with Crippen molar-refractivity contribution in [3.63, 3.8) is 0 Å². The summed E-state index contributed by atoms with van der Waals surface area (Å²) < 4.78 is 5.30. The van der Waals surface area contributed by atoms with Crippen molar-refractivity contribution in [3.05, 3.63) is 76.1 Å². The fraction of sp³-hybridized carbons (Fsp3) is 0.0526. The first kappa shape index (κ1) is 15.0. The van der Waals surface area contributed by atoms with E-state index in [1.165, 1.54) is 0 Å². The average Bonchev–Trinajstić information content (AvgIpc) is 2.94. The van der Waals surface area contributed by atoms with Crippen LogP contribution >= 0.6 is 0 Å². The van der Waals surface area contributed by atoms with E-state index in [0.29, 0.717) is 28.1 Å². The van der Waals surface area contributed by atoms with Crippen LogP contribution in [0.3, 0.4) is 0 Å². The highest BCUT2D eigenvalue weighted by molar-refractivity contribution is 6.53. The lowest BCUT2D eigenvalue weighted by molar-refractivity contribution is -0.110. The largest absolute Gasteiger partial charge is 0.422 e. The number of hydrogen-bond donors (Lipinski definition) is 1. The van der Waals surface area contributed by atoms with E-state index in [2.05, 4.69) is 15.5 Å². The highest BCUT2D eigenvalue weighted by Crippen LogP contribution is 2.22. The summed E-state index contributed by atoms with van der Waals surface area (Å²) in [6, 6.07) is 16.2.